The molecule has 0 spiro atoms. The Hall–Kier alpha value is -1.36. The van der Waals surface area contributed by atoms with Gasteiger partial charge in [0.2, 0.25) is 0 Å². The second kappa shape index (κ2) is 6.54. The van der Waals surface area contributed by atoms with Gasteiger partial charge in [-0.15, -0.1) is 0 Å². The summed E-state index contributed by atoms with van der Waals surface area (Å²) < 4.78 is 40.5. The topological polar surface area (TPSA) is 26.3 Å². The summed E-state index contributed by atoms with van der Waals surface area (Å²) in [5.41, 5.74) is 1.38. The van der Waals surface area contributed by atoms with E-state index < -0.39 is 12.6 Å². The first-order valence-corrected chi connectivity index (χ1v) is 5.63. The molecule has 0 bridgehead atoms. The molecule has 0 amide bonds. The molecular weight excluding hydrogens is 245 g/mol. The lowest BCUT2D eigenvalue weighted by molar-refractivity contribution is -0.137. The number of alkyl halides is 3. The average molecular weight is 260 g/mol. The summed E-state index contributed by atoms with van der Waals surface area (Å²) in [4.78, 5) is 11.7. The fourth-order valence-electron chi connectivity index (χ4n) is 1.50. The molecule has 1 rings (SSSR count). The molecule has 0 aliphatic carbocycles. The van der Waals surface area contributed by atoms with Crippen LogP contribution < -0.4 is 0 Å². The Kier molecular flexibility index (Phi) is 5.34. The predicted molar refractivity (Wildman–Crippen MR) is 61.6 cm³/mol. The SMILES string of the molecule is Cc1ccccc1C(=O)COCCCC(F)(F)F. The minimum absolute atomic E-state index is 0.0584. The fourth-order valence-corrected chi connectivity index (χ4v) is 1.50. The van der Waals surface area contributed by atoms with E-state index >= 15 is 0 Å². The second-order valence-corrected chi connectivity index (χ2v) is 4.01. The Morgan fingerprint density at radius 1 is 1.28 bits per heavy atom. The number of hydrogen-bond acceptors (Lipinski definition) is 2. The molecule has 5 heteroatoms. The number of ketones is 1. The van der Waals surface area contributed by atoms with E-state index in [4.69, 9.17) is 4.74 Å². The highest BCUT2D eigenvalue weighted by molar-refractivity contribution is 5.98. The number of aryl methyl sites for hydroxylation is 1. The summed E-state index contributed by atoms with van der Waals surface area (Å²) >= 11 is 0. The summed E-state index contributed by atoms with van der Waals surface area (Å²) in [5.74, 6) is -0.208. The predicted octanol–water partition coefficient (Wildman–Crippen LogP) is 3.54. The highest BCUT2D eigenvalue weighted by Crippen LogP contribution is 2.21. The third-order valence-corrected chi connectivity index (χ3v) is 2.43. The minimum Gasteiger partial charge on any atom is -0.373 e. The second-order valence-electron chi connectivity index (χ2n) is 4.01. The molecule has 0 aromatic heterocycles. The van der Waals surface area contributed by atoms with Gasteiger partial charge < -0.3 is 4.74 Å². The number of halogens is 3. The van der Waals surface area contributed by atoms with Crippen LogP contribution in [0.5, 0.6) is 0 Å². The molecule has 0 radical (unpaired) electrons. The molecule has 0 saturated carbocycles. The lowest BCUT2D eigenvalue weighted by Gasteiger charge is -2.07. The van der Waals surface area contributed by atoms with Crippen molar-refractivity contribution in [3.63, 3.8) is 0 Å². The molecule has 0 heterocycles. The maximum absolute atomic E-state index is 11.8. The zero-order chi connectivity index (χ0) is 13.6. The van der Waals surface area contributed by atoms with Crippen molar-refractivity contribution in [2.45, 2.75) is 25.9 Å². The van der Waals surface area contributed by atoms with Crippen molar-refractivity contribution in [3.8, 4) is 0 Å². The fraction of sp³-hybridized carbons (Fsp3) is 0.462. The van der Waals surface area contributed by atoms with Crippen LogP contribution >= 0.6 is 0 Å². The van der Waals surface area contributed by atoms with Crippen molar-refractivity contribution in [1.82, 2.24) is 0 Å². The summed E-state index contributed by atoms with van der Waals surface area (Å²) in [7, 11) is 0. The number of Topliss-reactive ketones (excluding diaryl/α,β-unsaturated/α-hetero) is 1. The number of ether oxygens (including phenoxy) is 1. The van der Waals surface area contributed by atoms with Gasteiger partial charge in [0, 0.05) is 18.6 Å². The van der Waals surface area contributed by atoms with Gasteiger partial charge in [0.15, 0.2) is 5.78 Å². The molecule has 2 nitrogen and oxygen atoms in total. The molecule has 1 aromatic rings. The first-order valence-electron chi connectivity index (χ1n) is 5.63. The van der Waals surface area contributed by atoms with Gasteiger partial charge in [0.25, 0.3) is 0 Å². The molecule has 18 heavy (non-hydrogen) atoms. The van der Waals surface area contributed by atoms with Gasteiger partial charge in [-0.1, -0.05) is 24.3 Å². The number of carbonyl (C=O) groups excluding carboxylic acids is 1. The van der Waals surface area contributed by atoms with Crippen molar-refractivity contribution < 1.29 is 22.7 Å². The number of carbonyl (C=O) groups is 1. The Bertz CT molecular complexity index is 399. The molecule has 0 fully saturated rings. The summed E-state index contributed by atoms with van der Waals surface area (Å²) in [6.07, 6.45) is -5.17. The van der Waals surface area contributed by atoms with Gasteiger partial charge in [-0.05, 0) is 18.9 Å². The number of hydrogen-bond donors (Lipinski definition) is 0. The van der Waals surface area contributed by atoms with E-state index in [-0.39, 0.29) is 25.4 Å². The van der Waals surface area contributed by atoms with E-state index in [1.165, 1.54) is 0 Å². The molecule has 0 saturated heterocycles. The van der Waals surface area contributed by atoms with Gasteiger partial charge in [-0.2, -0.15) is 13.2 Å². The van der Waals surface area contributed by atoms with Gasteiger partial charge >= 0.3 is 6.18 Å². The normalized spacial score (nSPS) is 11.6. The standard InChI is InChI=1S/C13H15F3O2/c1-10-5-2-3-6-11(10)12(17)9-18-8-4-7-13(14,15)16/h2-3,5-6H,4,7-9H2,1H3. The average Bonchev–Trinajstić information content (AvgIpc) is 2.27. The van der Waals surface area contributed by atoms with E-state index in [9.17, 15) is 18.0 Å². The highest BCUT2D eigenvalue weighted by atomic mass is 19.4. The number of rotatable bonds is 6. The van der Waals surface area contributed by atoms with Crippen molar-refractivity contribution in [2.75, 3.05) is 13.2 Å². The Morgan fingerprint density at radius 3 is 2.56 bits per heavy atom. The lowest BCUT2D eigenvalue weighted by atomic mass is 10.1. The smallest absolute Gasteiger partial charge is 0.373 e. The van der Waals surface area contributed by atoms with E-state index in [0.717, 1.165) is 5.56 Å². The van der Waals surface area contributed by atoms with Gasteiger partial charge in [-0.3, -0.25) is 4.79 Å². The Labute approximate surface area is 104 Å². The monoisotopic (exact) mass is 260 g/mol. The van der Waals surface area contributed by atoms with Crippen molar-refractivity contribution in [2.24, 2.45) is 0 Å². The van der Waals surface area contributed by atoms with Gasteiger partial charge in [0.1, 0.15) is 6.61 Å². The van der Waals surface area contributed by atoms with Crippen molar-refractivity contribution in [1.29, 1.82) is 0 Å². The summed E-state index contributed by atoms with van der Waals surface area (Å²) in [5, 5.41) is 0. The zero-order valence-electron chi connectivity index (χ0n) is 10.1. The number of benzene rings is 1. The van der Waals surface area contributed by atoms with Gasteiger partial charge in [0.05, 0.1) is 0 Å². The largest absolute Gasteiger partial charge is 0.389 e. The van der Waals surface area contributed by atoms with E-state index in [1.54, 1.807) is 25.1 Å². The maximum Gasteiger partial charge on any atom is 0.389 e. The molecule has 0 aliphatic heterocycles. The molecule has 0 unspecified atom stereocenters. The van der Waals surface area contributed by atoms with Crippen LogP contribution in [0.4, 0.5) is 13.2 Å². The zero-order valence-corrected chi connectivity index (χ0v) is 10.1. The molecule has 0 atom stereocenters. The highest BCUT2D eigenvalue weighted by Gasteiger charge is 2.25. The third kappa shape index (κ3) is 5.31. The maximum atomic E-state index is 11.8. The van der Waals surface area contributed by atoms with Crippen LogP contribution in [0, 0.1) is 6.92 Å². The van der Waals surface area contributed by atoms with Crippen molar-refractivity contribution in [3.05, 3.63) is 35.4 Å². The van der Waals surface area contributed by atoms with Crippen LogP contribution in [0.2, 0.25) is 0 Å². The van der Waals surface area contributed by atoms with E-state index in [1.807, 2.05) is 6.07 Å². The lowest BCUT2D eigenvalue weighted by Crippen LogP contribution is -2.13. The summed E-state index contributed by atoms with van der Waals surface area (Å²) in [6.45, 7) is 1.57. The molecule has 1 aromatic carbocycles. The van der Waals surface area contributed by atoms with Crippen LogP contribution in [-0.4, -0.2) is 25.2 Å². The van der Waals surface area contributed by atoms with Gasteiger partial charge in [-0.25, -0.2) is 0 Å². The minimum atomic E-state index is -4.16. The third-order valence-electron chi connectivity index (χ3n) is 2.43. The van der Waals surface area contributed by atoms with Crippen molar-refractivity contribution >= 4 is 5.78 Å². The molecule has 100 valence electrons. The molecule has 0 N–H and O–H groups in total. The van der Waals surface area contributed by atoms with E-state index in [2.05, 4.69) is 0 Å². The van der Waals surface area contributed by atoms with Crippen LogP contribution in [0.15, 0.2) is 24.3 Å². The Balaban J connectivity index is 2.28. The van der Waals surface area contributed by atoms with Crippen LogP contribution in [0.1, 0.15) is 28.8 Å². The molecular formula is C13H15F3O2. The first-order chi connectivity index (χ1) is 8.40. The summed E-state index contributed by atoms with van der Waals surface area (Å²) in [6, 6.07) is 7.04. The van der Waals surface area contributed by atoms with Crippen LogP contribution in [0.25, 0.3) is 0 Å². The van der Waals surface area contributed by atoms with Crippen LogP contribution in [0.3, 0.4) is 0 Å². The Morgan fingerprint density at radius 2 is 1.94 bits per heavy atom. The quantitative estimate of drug-likeness (QED) is 0.577. The van der Waals surface area contributed by atoms with E-state index in [0.29, 0.717) is 5.56 Å². The first kappa shape index (κ1) is 14.7. The molecule has 0 aliphatic rings. The van der Waals surface area contributed by atoms with Crippen LogP contribution in [-0.2, 0) is 4.74 Å².